The number of hydrogen-bond acceptors (Lipinski definition) is 5. The third-order valence-corrected chi connectivity index (χ3v) is 4.86. The topological polar surface area (TPSA) is 61.6 Å². The first-order valence-electron chi connectivity index (χ1n) is 8.04. The van der Waals surface area contributed by atoms with E-state index in [1.165, 1.54) is 12.1 Å². The summed E-state index contributed by atoms with van der Waals surface area (Å²) in [6.07, 6.45) is 2.18. The predicted octanol–water partition coefficient (Wildman–Crippen LogP) is 4.48. The molecular weight excluding hydrogens is 323 g/mol. The molecule has 2 aromatic rings. The molecule has 1 heterocycles. The third kappa shape index (κ3) is 4.04. The van der Waals surface area contributed by atoms with Crippen LogP contribution in [0.15, 0.2) is 29.4 Å². The number of nitrogens with zero attached hydrogens (tertiary/aromatic N) is 3. The number of anilines is 1. The molecule has 1 N–H and O–H groups in total. The fourth-order valence-corrected chi connectivity index (χ4v) is 2.99. The van der Waals surface area contributed by atoms with Crippen molar-refractivity contribution in [2.24, 2.45) is 5.92 Å². The summed E-state index contributed by atoms with van der Waals surface area (Å²) in [5.41, 5.74) is 1.70. The van der Waals surface area contributed by atoms with E-state index >= 15 is 0 Å². The van der Waals surface area contributed by atoms with Gasteiger partial charge in [-0.1, -0.05) is 25.6 Å². The van der Waals surface area contributed by atoms with E-state index in [0.29, 0.717) is 34.2 Å². The second kappa shape index (κ2) is 7.18. The van der Waals surface area contributed by atoms with Crippen LogP contribution in [0.2, 0.25) is 0 Å². The van der Waals surface area contributed by atoms with Gasteiger partial charge in [0, 0.05) is 17.4 Å². The Morgan fingerprint density at radius 3 is 2.58 bits per heavy atom. The molecule has 0 atom stereocenters. The Morgan fingerprint density at radius 2 is 2.00 bits per heavy atom. The summed E-state index contributed by atoms with van der Waals surface area (Å²) in [5.74, 6) is 1.69. The average molecular weight is 342 g/mol. The van der Waals surface area contributed by atoms with Crippen molar-refractivity contribution in [3.63, 3.8) is 0 Å². The van der Waals surface area contributed by atoms with E-state index < -0.39 is 0 Å². The summed E-state index contributed by atoms with van der Waals surface area (Å²) < 4.78 is 13.2. The molecule has 0 aliphatic heterocycles. The van der Waals surface area contributed by atoms with Gasteiger partial charge in [-0.25, -0.2) is 14.4 Å². The highest BCUT2D eigenvalue weighted by molar-refractivity contribution is 7.99. The first-order valence-corrected chi connectivity index (χ1v) is 9.02. The van der Waals surface area contributed by atoms with Gasteiger partial charge in [-0.2, -0.15) is 5.26 Å². The first kappa shape index (κ1) is 16.7. The van der Waals surface area contributed by atoms with Crippen molar-refractivity contribution in [3.05, 3.63) is 35.6 Å². The van der Waals surface area contributed by atoms with E-state index in [1.807, 2.05) is 0 Å². The SMILES string of the molecule is CC(C)CSc1nc(NC2CC2)c(C#N)c(-c2ccc(F)cc2)n1. The van der Waals surface area contributed by atoms with Gasteiger partial charge in [0.25, 0.3) is 0 Å². The van der Waals surface area contributed by atoms with Gasteiger partial charge in [-0.05, 0) is 43.0 Å². The normalized spacial score (nSPS) is 13.8. The van der Waals surface area contributed by atoms with Gasteiger partial charge in [0.2, 0.25) is 0 Å². The Labute approximate surface area is 145 Å². The van der Waals surface area contributed by atoms with E-state index in [4.69, 9.17) is 0 Å². The predicted molar refractivity (Wildman–Crippen MR) is 94.3 cm³/mol. The lowest BCUT2D eigenvalue weighted by molar-refractivity contribution is 0.628. The minimum atomic E-state index is -0.308. The molecule has 24 heavy (non-hydrogen) atoms. The second-order valence-electron chi connectivity index (χ2n) is 6.32. The largest absolute Gasteiger partial charge is 0.366 e. The number of halogens is 1. The number of hydrogen-bond donors (Lipinski definition) is 1. The van der Waals surface area contributed by atoms with Crippen LogP contribution in [0, 0.1) is 23.1 Å². The fourth-order valence-electron chi connectivity index (χ4n) is 2.19. The minimum Gasteiger partial charge on any atom is -0.366 e. The van der Waals surface area contributed by atoms with Crippen molar-refractivity contribution >= 4 is 17.6 Å². The molecule has 3 rings (SSSR count). The maximum Gasteiger partial charge on any atom is 0.190 e. The number of thioether (sulfide) groups is 1. The zero-order valence-electron chi connectivity index (χ0n) is 13.7. The number of rotatable bonds is 6. The molecule has 0 bridgehead atoms. The van der Waals surface area contributed by atoms with Crippen molar-refractivity contribution in [1.29, 1.82) is 5.26 Å². The van der Waals surface area contributed by atoms with E-state index in [1.54, 1.807) is 23.9 Å². The Bertz CT molecular complexity index is 764. The molecule has 1 saturated carbocycles. The summed E-state index contributed by atoms with van der Waals surface area (Å²) in [4.78, 5) is 9.11. The minimum absolute atomic E-state index is 0.308. The van der Waals surface area contributed by atoms with Crippen LogP contribution >= 0.6 is 11.8 Å². The molecule has 4 nitrogen and oxygen atoms in total. The number of aromatic nitrogens is 2. The zero-order valence-corrected chi connectivity index (χ0v) is 14.5. The summed E-state index contributed by atoms with van der Waals surface area (Å²) in [5, 5.41) is 13.6. The van der Waals surface area contributed by atoms with Gasteiger partial charge >= 0.3 is 0 Å². The lowest BCUT2D eigenvalue weighted by atomic mass is 10.1. The quantitative estimate of drug-likeness (QED) is 0.619. The molecular formula is C18H19FN4S. The van der Waals surface area contributed by atoms with Gasteiger partial charge in [-0.15, -0.1) is 0 Å². The highest BCUT2D eigenvalue weighted by Crippen LogP contribution is 2.32. The Hall–Kier alpha value is -2.13. The molecule has 1 aromatic heterocycles. The van der Waals surface area contributed by atoms with Crippen LogP contribution in [-0.2, 0) is 0 Å². The lowest BCUT2D eigenvalue weighted by Gasteiger charge is -2.13. The van der Waals surface area contributed by atoms with Crippen LogP contribution in [0.3, 0.4) is 0 Å². The molecule has 0 radical (unpaired) electrons. The lowest BCUT2D eigenvalue weighted by Crippen LogP contribution is -2.09. The van der Waals surface area contributed by atoms with Gasteiger partial charge in [0.15, 0.2) is 5.16 Å². The van der Waals surface area contributed by atoms with Crippen LogP contribution in [0.5, 0.6) is 0 Å². The van der Waals surface area contributed by atoms with Gasteiger partial charge in [0.1, 0.15) is 23.3 Å². The van der Waals surface area contributed by atoms with E-state index in [0.717, 1.165) is 24.2 Å². The van der Waals surface area contributed by atoms with Crippen molar-refractivity contribution in [3.8, 4) is 17.3 Å². The van der Waals surface area contributed by atoms with Gasteiger partial charge in [-0.3, -0.25) is 0 Å². The highest BCUT2D eigenvalue weighted by Gasteiger charge is 2.25. The molecule has 0 spiro atoms. The molecule has 6 heteroatoms. The monoisotopic (exact) mass is 342 g/mol. The molecule has 0 unspecified atom stereocenters. The molecule has 124 valence electrons. The summed E-state index contributed by atoms with van der Waals surface area (Å²) in [7, 11) is 0. The average Bonchev–Trinajstić information content (AvgIpc) is 3.37. The summed E-state index contributed by atoms with van der Waals surface area (Å²) >= 11 is 1.58. The fraction of sp³-hybridized carbons (Fsp3) is 0.389. The highest BCUT2D eigenvalue weighted by atomic mass is 32.2. The second-order valence-corrected chi connectivity index (χ2v) is 7.31. The third-order valence-electron chi connectivity index (χ3n) is 3.58. The molecule has 1 aliphatic rings. The first-order chi connectivity index (χ1) is 11.6. The van der Waals surface area contributed by atoms with Crippen molar-refractivity contribution < 1.29 is 4.39 Å². The van der Waals surface area contributed by atoms with Crippen molar-refractivity contribution in [1.82, 2.24) is 9.97 Å². The van der Waals surface area contributed by atoms with Crippen LogP contribution in [0.4, 0.5) is 10.2 Å². The molecule has 1 fully saturated rings. The maximum absolute atomic E-state index is 13.2. The smallest absolute Gasteiger partial charge is 0.190 e. The van der Waals surface area contributed by atoms with Crippen molar-refractivity contribution in [2.45, 2.75) is 37.9 Å². The Morgan fingerprint density at radius 1 is 1.29 bits per heavy atom. The molecule has 1 aromatic carbocycles. The standard InChI is InChI=1S/C18H19FN4S/c1-11(2)10-24-18-22-16(12-3-5-13(19)6-4-12)15(9-20)17(23-18)21-14-7-8-14/h3-6,11,14H,7-8,10H2,1-2H3,(H,21,22,23). The van der Waals surface area contributed by atoms with Crippen LogP contribution in [0.25, 0.3) is 11.3 Å². The Balaban J connectivity index is 2.04. The van der Waals surface area contributed by atoms with E-state index in [9.17, 15) is 9.65 Å². The van der Waals surface area contributed by atoms with Crippen molar-refractivity contribution in [2.75, 3.05) is 11.1 Å². The summed E-state index contributed by atoms with van der Waals surface area (Å²) in [6, 6.07) is 8.66. The van der Waals surface area contributed by atoms with Crippen LogP contribution in [-0.4, -0.2) is 21.8 Å². The maximum atomic E-state index is 13.2. The van der Waals surface area contributed by atoms with E-state index in [-0.39, 0.29) is 5.82 Å². The molecule has 0 saturated heterocycles. The molecule has 0 amide bonds. The zero-order chi connectivity index (χ0) is 17.1. The van der Waals surface area contributed by atoms with Crippen LogP contribution in [0.1, 0.15) is 32.3 Å². The Kier molecular flexibility index (Phi) is 5.00. The van der Waals surface area contributed by atoms with E-state index in [2.05, 4.69) is 35.2 Å². The van der Waals surface area contributed by atoms with Gasteiger partial charge in [0.05, 0.1) is 5.69 Å². The number of benzene rings is 1. The van der Waals surface area contributed by atoms with Crippen LogP contribution < -0.4 is 5.32 Å². The summed E-state index contributed by atoms with van der Waals surface area (Å²) in [6.45, 7) is 4.28. The van der Waals surface area contributed by atoms with Gasteiger partial charge < -0.3 is 5.32 Å². The number of nitriles is 1. The molecule has 1 aliphatic carbocycles. The number of nitrogens with one attached hydrogen (secondary N) is 1.